The average Bonchev–Trinajstić information content (AvgIpc) is 2.53. The van der Waals surface area contributed by atoms with E-state index in [0.717, 1.165) is 4.90 Å². The van der Waals surface area contributed by atoms with Gasteiger partial charge in [0.25, 0.3) is 5.91 Å². The molecule has 0 atom stereocenters. The smallest absolute Gasteiger partial charge is 0.411 e. The van der Waals surface area contributed by atoms with Crippen LogP contribution in [0, 0.1) is 0 Å². The molecule has 0 aliphatic rings. The third kappa shape index (κ3) is 4.23. The number of carbonyl (C=O) groups is 2. The molecule has 0 aliphatic carbocycles. The van der Waals surface area contributed by atoms with E-state index < -0.39 is 6.09 Å². The number of nitrogens with one attached hydrogen (secondary N) is 1. The van der Waals surface area contributed by atoms with Gasteiger partial charge in [0.2, 0.25) is 0 Å². The molecule has 2 aromatic rings. The molecule has 0 heterocycles. The van der Waals surface area contributed by atoms with Gasteiger partial charge in [0.1, 0.15) is 0 Å². The highest BCUT2D eigenvalue weighted by Gasteiger charge is 2.14. The zero-order chi connectivity index (χ0) is 15.9. The molecule has 0 saturated carbocycles. The maximum atomic E-state index is 11.9. The summed E-state index contributed by atoms with van der Waals surface area (Å²) in [5.41, 5.74) is 1.04. The second-order valence-corrected chi connectivity index (χ2v) is 4.97. The summed E-state index contributed by atoms with van der Waals surface area (Å²) in [5, 5.41) is 12.5. The number of hydrogen-bond donors (Lipinski definition) is 2. The zero-order valence-electron chi connectivity index (χ0n) is 11.7. The summed E-state index contributed by atoms with van der Waals surface area (Å²) in [4.78, 5) is 24.3. The first-order chi connectivity index (χ1) is 10.6. The van der Waals surface area contributed by atoms with Gasteiger partial charge in [-0.2, -0.15) is 0 Å². The Hall–Kier alpha value is -2.53. The van der Waals surface area contributed by atoms with Gasteiger partial charge in [-0.15, -0.1) is 0 Å². The minimum Gasteiger partial charge on any atom is -0.465 e. The van der Waals surface area contributed by atoms with Gasteiger partial charge < -0.3 is 10.4 Å². The fourth-order valence-electron chi connectivity index (χ4n) is 1.93. The largest absolute Gasteiger partial charge is 0.465 e. The number of rotatable bonds is 5. The van der Waals surface area contributed by atoms with Crippen LogP contribution in [0.3, 0.4) is 0 Å². The molecule has 22 heavy (non-hydrogen) atoms. The van der Waals surface area contributed by atoms with E-state index in [2.05, 4.69) is 5.32 Å². The summed E-state index contributed by atoms with van der Waals surface area (Å²) in [5.74, 6) is -0.234. The summed E-state index contributed by atoms with van der Waals surface area (Å²) in [7, 11) is 0. The van der Waals surface area contributed by atoms with Crippen molar-refractivity contribution in [2.45, 2.75) is 0 Å². The minimum atomic E-state index is -1.09. The van der Waals surface area contributed by atoms with Crippen LogP contribution in [0.5, 0.6) is 0 Å². The second-order valence-electron chi connectivity index (χ2n) is 4.53. The first-order valence-corrected chi connectivity index (χ1v) is 7.05. The van der Waals surface area contributed by atoms with Gasteiger partial charge in [0.15, 0.2) is 0 Å². The summed E-state index contributed by atoms with van der Waals surface area (Å²) in [6, 6.07) is 15.2. The Labute approximate surface area is 133 Å². The average molecular weight is 319 g/mol. The van der Waals surface area contributed by atoms with Crippen molar-refractivity contribution in [3.8, 4) is 0 Å². The monoisotopic (exact) mass is 318 g/mol. The number of carbonyl (C=O) groups excluding carboxylic acids is 1. The summed E-state index contributed by atoms with van der Waals surface area (Å²) in [6.45, 7) is 0.359. The first-order valence-electron chi connectivity index (χ1n) is 6.67. The molecule has 2 N–H and O–H groups in total. The van der Waals surface area contributed by atoms with Crippen LogP contribution in [0.2, 0.25) is 5.02 Å². The maximum Gasteiger partial charge on any atom is 0.411 e. The highest BCUT2D eigenvalue weighted by molar-refractivity contribution is 6.30. The Morgan fingerprint density at radius 1 is 1.05 bits per heavy atom. The molecule has 0 aliphatic heterocycles. The van der Waals surface area contributed by atoms with Gasteiger partial charge >= 0.3 is 6.09 Å². The zero-order valence-corrected chi connectivity index (χ0v) is 12.5. The van der Waals surface area contributed by atoms with Crippen molar-refractivity contribution in [1.82, 2.24) is 5.32 Å². The molecule has 2 aromatic carbocycles. The maximum absolute atomic E-state index is 11.9. The van der Waals surface area contributed by atoms with Crippen molar-refractivity contribution >= 4 is 29.3 Å². The molecule has 114 valence electrons. The summed E-state index contributed by atoms with van der Waals surface area (Å²) < 4.78 is 0. The number of amides is 2. The van der Waals surface area contributed by atoms with Crippen molar-refractivity contribution in [1.29, 1.82) is 0 Å². The van der Waals surface area contributed by atoms with Gasteiger partial charge in [-0.1, -0.05) is 29.8 Å². The van der Waals surface area contributed by atoms with Gasteiger partial charge in [-0.25, -0.2) is 4.79 Å². The number of hydrogen-bond acceptors (Lipinski definition) is 2. The third-order valence-electron chi connectivity index (χ3n) is 3.03. The van der Waals surface area contributed by atoms with Crippen molar-refractivity contribution in [3.63, 3.8) is 0 Å². The van der Waals surface area contributed by atoms with Crippen LogP contribution in [0.15, 0.2) is 54.6 Å². The number of halogens is 1. The number of benzene rings is 2. The van der Waals surface area contributed by atoms with Crippen molar-refractivity contribution in [2.75, 3.05) is 18.0 Å². The molecule has 0 unspecified atom stereocenters. The molecule has 0 saturated heterocycles. The molecular weight excluding hydrogens is 304 g/mol. The molecule has 6 heteroatoms. The first kappa shape index (κ1) is 15.9. The fourth-order valence-corrected chi connectivity index (χ4v) is 2.06. The molecule has 0 aromatic heterocycles. The fraction of sp³-hybridized carbons (Fsp3) is 0.125. The molecule has 2 rings (SSSR count). The Morgan fingerprint density at radius 3 is 2.27 bits per heavy atom. The topological polar surface area (TPSA) is 69.6 Å². The lowest BCUT2D eigenvalue weighted by molar-refractivity contribution is 0.0954. The highest BCUT2D eigenvalue weighted by Crippen LogP contribution is 2.17. The number of carboxylic acid groups (broad SMARTS) is 1. The van der Waals surface area contributed by atoms with E-state index >= 15 is 0 Å². The lowest BCUT2D eigenvalue weighted by Gasteiger charge is -2.19. The van der Waals surface area contributed by atoms with E-state index in [1.54, 1.807) is 48.5 Å². The normalized spacial score (nSPS) is 10.0. The van der Waals surface area contributed by atoms with Gasteiger partial charge in [-0.05, 0) is 36.4 Å². The number of nitrogens with zero attached hydrogens (tertiary/aromatic N) is 1. The van der Waals surface area contributed by atoms with Gasteiger partial charge in [0.05, 0.1) is 0 Å². The van der Waals surface area contributed by atoms with Gasteiger partial charge in [0, 0.05) is 29.4 Å². The quantitative estimate of drug-likeness (QED) is 0.889. The van der Waals surface area contributed by atoms with Crippen LogP contribution in [0.1, 0.15) is 10.4 Å². The van der Waals surface area contributed by atoms with E-state index in [-0.39, 0.29) is 19.0 Å². The van der Waals surface area contributed by atoms with E-state index in [9.17, 15) is 14.7 Å². The van der Waals surface area contributed by atoms with Crippen LogP contribution in [-0.2, 0) is 0 Å². The molecule has 2 amide bonds. The van der Waals surface area contributed by atoms with E-state index in [1.165, 1.54) is 0 Å². The Balaban J connectivity index is 1.94. The van der Waals surface area contributed by atoms with E-state index in [1.807, 2.05) is 6.07 Å². The third-order valence-corrected chi connectivity index (χ3v) is 3.28. The SMILES string of the molecule is O=C(NCCN(C(=O)O)c1ccc(Cl)cc1)c1ccccc1. The van der Waals surface area contributed by atoms with E-state index in [4.69, 9.17) is 11.6 Å². The molecule has 0 spiro atoms. The molecular formula is C16H15ClN2O3. The second kappa shape index (κ2) is 7.47. The van der Waals surface area contributed by atoms with Crippen molar-refractivity contribution in [2.24, 2.45) is 0 Å². The Morgan fingerprint density at radius 2 is 1.68 bits per heavy atom. The van der Waals surface area contributed by atoms with Crippen LogP contribution in [0.4, 0.5) is 10.5 Å². The Bertz CT molecular complexity index is 644. The molecule has 0 radical (unpaired) electrons. The van der Waals surface area contributed by atoms with Crippen LogP contribution in [-0.4, -0.2) is 30.2 Å². The standard InChI is InChI=1S/C16H15ClN2O3/c17-13-6-8-14(9-7-13)19(16(21)22)11-10-18-15(20)12-4-2-1-3-5-12/h1-9H,10-11H2,(H,18,20)(H,21,22). The highest BCUT2D eigenvalue weighted by atomic mass is 35.5. The van der Waals surface area contributed by atoms with Crippen molar-refractivity contribution in [3.05, 3.63) is 65.2 Å². The Kier molecular flexibility index (Phi) is 5.38. The number of anilines is 1. The summed E-state index contributed by atoms with van der Waals surface area (Å²) in [6.07, 6.45) is -1.09. The predicted octanol–water partition coefficient (Wildman–Crippen LogP) is 3.25. The lowest BCUT2D eigenvalue weighted by atomic mass is 10.2. The minimum absolute atomic E-state index is 0.148. The molecule has 0 bridgehead atoms. The van der Waals surface area contributed by atoms with Crippen LogP contribution >= 0.6 is 11.6 Å². The van der Waals surface area contributed by atoms with Crippen molar-refractivity contribution < 1.29 is 14.7 Å². The molecule has 0 fully saturated rings. The van der Waals surface area contributed by atoms with E-state index in [0.29, 0.717) is 16.3 Å². The molecule has 5 nitrogen and oxygen atoms in total. The predicted molar refractivity (Wildman–Crippen MR) is 85.6 cm³/mol. The van der Waals surface area contributed by atoms with Gasteiger partial charge in [-0.3, -0.25) is 9.69 Å². The summed E-state index contributed by atoms with van der Waals surface area (Å²) >= 11 is 5.79. The van der Waals surface area contributed by atoms with Crippen LogP contribution in [0.25, 0.3) is 0 Å². The lowest BCUT2D eigenvalue weighted by Crippen LogP contribution is -2.37. The van der Waals surface area contributed by atoms with Crippen LogP contribution < -0.4 is 10.2 Å².